The molecule has 2 fully saturated rings. The molecular weight excluding hydrogens is 340 g/mol. The fraction of sp³-hybridized carbons (Fsp3) is 0.381. The van der Waals surface area contributed by atoms with Gasteiger partial charge in [0.2, 0.25) is 0 Å². The quantitative estimate of drug-likeness (QED) is 0.713. The molecule has 2 aliphatic heterocycles. The van der Waals surface area contributed by atoms with E-state index in [1.54, 1.807) is 6.20 Å². The number of ether oxygens (including phenoxy) is 2. The molecule has 0 saturated carbocycles. The summed E-state index contributed by atoms with van der Waals surface area (Å²) in [7, 11) is 0. The van der Waals surface area contributed by atoms with E-state index in [-0.39, 0.29) is 6.29 Å². The second kappa shape index (κ2) is 7.21. The summed E-state index contributed by atoms with van der Waals surface area (Å²) in [6, 6.07) is 12.1. The van der Waals surface area contributed by atoms with Gasteiger partial charge < -0.3 is 14.4 Å². The lowest BCUT2D eigenvalue weighted by molar-refractivity contribution is -0.0889. The van der Waals surface area contributed by atoms with Crippen molar-refractivity contribution in [3.05, 3.63) is 48.8 Å². The van der Waals surface area contributed by atoms with Gasteiger partial charge in [0.05, 0.1) is 18.7 Å². The van der Waals surface area contributed by atoms with Crippen LogP contribution in [-0.2, 0) is 9.47 Å². The summed E-state index contributed by atoms with van der Waals surface area (Å²) >= 11 is 0. The van der Waals surface area contributed by atoms with Crippen LogP contribution in [0.3, 0.4) is 0 Å². The lowest BCUT2D eigenvalue weighted by atomic mass is 9.96. The van der Waals surface area contributed by atoms with E-state index < -0.39 is 0 Å². The van der Waals surface area contributed by atoms with Crippen LogP contribution in [0.4, 0.5) is 5.82 Å². The number of rotatable bonds is 3. The highest BCUT2D eigenvalue weighted by Crippen LogP contribution is 2.32. The normalized spacial score (nSPS) is 19.0. The van der Waals surface area contributed by atoms with Crippen LogP contribution in [-0.4, -0.2) is 47.5 Å². The van der Waals surface area contributed by atoms with Gasteiger partial charge in [-0.25, -0.2) is 9.97 Å². The van der Waals surface area contributed by atoms with E-state index in [9.17, 15) is 0 Å². The Bertz CT molecular complexity index is 920. The second-order valence-electron chi connectivity index (χ2n) is 7.06. The Morgan fingerprint density at radius 1 is 0.926 bits per heavy atom. The third-order valence-corrected chi connectivity index (χ3v) is 5.37. The van der Waals surface area contributed by atoms with E-state index in [2.05, 4.69) is 16.0 Å². The number of aromatic nitrogens is 3. The zero-order valence-electron chi connectivity index (χ0n) is 15.1. The summed E-state index contributed by atoms with van der Waals surface area (Å²) in [6.45, 7) is 3.33. The van der Waals surface area contributed by atoms with Crippen LogP contribution in [0.25, 0.3) is 22.3 Å². The summed E-state index contributed by atoms with van der Waals surface area (Å²) in [4.78, 5) is 16.3. The van der Waals surface area contributed by atoms with Gasteiger partial charge in [0, 0.05) is 42.4 Å². The van der Waals surface area contributed by atoms with Crippen LogP contribution in [0.5, 0.6) is 0 Å². The number of hydrogen-bond donors (Lipinski definition) is 0. The molecule has 0 unspecified atom stereocenters. The predicted octanol–water partition coefficient (Wildman–Crippen LogP) is 3.28. The maximum Gasteiger partial charge on any atom is 0.163 e. The Kier molecular flexibility index (Phi) is 4.43. The van der Waals surface area contributed by atoms with E-state index in [0.29, 0.717) is 5.92 Å². The van der Waals surface area contributed by atoms with Crippen molar-refractivity contribution in [2.24, 2.45) is 5.92 Å². The first-order valence-electron chi connectivity index (χ1n) is 9.54. The van der Waals surface area contributed by atoms with E-state index in [1.165, 1.54) is 0 Å². The van der Waals surface area contributed by atoms with Gasteiger partial charge in [0.1, 0.15) is 5.82 Å². The van der Waals surface area contributed by atoms with Crippen molar-refractivity contribution in [2.45, 2.75) is 19.1 Å². The van der Waals surface area contributed by atoms with Gasteiger partial charge in [0.15, 0.2) is 12.1 Å². The van der Waals surface area contributed by atoms with Gasteiger partial charge in [-0.15, -0.1) is 0 Å². The monoisotopic (exact) mass is 362 g/mol. The number of pyridine rings is 1. The highest BCUT2D eigenvalue weighted by atomic mass is 16.7. The SMILES string of the molecule is c1cncc(-c2nc(N3CCC(C4OCCO4)CC3)c3ccccc3n2)c1. The molecule has 5 rings (SSSR count). The molecule has 0 amide bonds. The Morgan fingerprint density at radius 2 is 1.74 bits per heavy atom. The molecular formula is C21H22N4O2. The molecule has 138 valence electrons. The second-order valence-corrected chi connectivity index (χ2v) is 7.06. The Labute approximate surface area is 158 Å². The van der Waals surface area contributed by atoms with Crippen molar-refractivity contribution >= 4 is 16.7 Å². The lowest BCUT2D eigenvalue weighted by Crippen LogP contribution is -2.38. The number of hydrogen-bond acceptors (Lipinski definition) is 6. The molecule has 6 nitrogen and oxygen atoms in total. The van der Waals surface area contributed by atoms with Gasteiger partial charge in [-0.3, -0.25) is 4.98 Å². The van der Waals surface area contributed by atoms with E-state index in [0.717, 1.165) is 67.3 Å². The average Bonchev–Trinajstić information content (AvgIpc) is 3.29. The summed E-state index contributed by atoms with van der Waals surface area (Å²) in [5.41, 5.74) is 1.90. The van der Waals surface area contributed by atoms with Crippen molar-refractivity contribution in [2.75, 3.05) is 31.2 Å². The lowest BCUT2D eigenvalue weighted by Gasteiger charge is -2.35. The number of para-hydroxylation sites is 1. The number of fused-ring (bicyclic) bond motifs is 1. The molecule has 0 radical (unpaired) electrons. The standard InChI is InChI=1S/C21H22N4O2/c1-2-6-18-17(5-1)20(24-19(23-18)16-4-3-9-22-14-16)25-10-7-15(8-11-25)21-26-12-13-27-21/h1-6,9,14-15,21H,7-8,10-13H2. The van der Waals surface area contributed by atoms with Gasteiger partial charge in [0.25, 0.3) is 0 Å². The minimum absolute atomic E-state index is 0.0275. The summed E-state index contributed by atoms with van der Waals surface area (Å²) in [5, 5.41) is 1.09. The zero-order valence-corrected chi connectivity index (χ0v) is 15.1. The molecule has 2 saturated heterocycles. The first-order chi connectivity index (χ1) is 13.4. The smallest absolute Gasteiger partial charge is 0.163 e. The Balaban J connectivity index is 1.47. The molecule has 0 N–H and O–H groups in total. The van der Waals surface area contributed by atoms with Crippen LogP contribution in [0, 0.1) is 5.92 Å². The fourth-order valence-corrected chi connectivity index (χ4v) is 3.96. The van der Waals surface area contributed by atoms with Gasteiger partial charge in [-0.05, 0) is 37.1 Å². The van der Waals surface area contributed by atoms with Crippen molar-refractivity contribution in [3.8, 4) is 11.4 Å². The fourth-order valence-electron chi connectivity index (χ4n) is 3.96. The molecule has 2 aliphatic rings. The van der Waals surface area contributed by atoms with Crippen molar-refractivity contribution in [3.63, 3.8) is 0 Å². The van der Waals surface area contributed by atoms with Crippen LogP contribution < -0.4 is 4.90 Å². The summed E-state index contributed by atoms with van der Waals surface area (Å²) in [5.74, 6) is 2.20. The molecule has 0 aliphatic carbocycles. The molecule has 4 heterocycles. The first-order valence-corrected chi connectivity index (χ1v) is 9.54. The molecule has 0 spiro atoms. The van der Waals surface area contributed by atoms with Gasteiger partial charge in [-0.2, -0.15) is 0 Å². The van der Waals surface area contributed by atoms with Crippen LogP contribution in [0.15, 0.2) is 48.8 Å². The number of anilines is 1. The molecule has 3 aromatic rings. The molecule has 2 aromatic heterocycles. The maximum absolute atomic E-state index is 5.71. The summed E-state index contributed by atoms with van der Waals surface area (Å²) < 4.78 is 11.4. The molecule has 6 heteroatoms. The highest BCUT2D eigenvalue weighted by molar-refractivity contribution is 5.91. The Hall–Kier alpha value is -2.57. The minimum atomic E-state index is -0.0275. The number of nitrogens with zero attached hydrogens (tertiary/aromatic N) is 4. The first kappa shape index (κ1) is 16.6. The molecule has 0 atom stereocenters. The van der Waals surface area contributed by atoms with Crippen molar-refractivity contribution < 1.29 is 9.47 Å². The number of benzene rings is 1. The average molecular weight is 362 g/mol. The zero-order chi connectivity index (χ0) is 18.1. The third-order valence-electron chi connectivity index (χ3n) is 5.37. The van der Waals surface area contributed by atoms with E-state index in [4.69, 9.17) is 19.4 Å². The molecule has 1 aromatic carbocycles. The Morgan fingerprint density at radius 3 is 2.52 bits per heavy atom. The highest BCUT2D eigenvalue weighted by Gasteiger charge is 2.31. The van der Waals surface area contributed by atoms with Crippen molar-refractivity contribution in [1.29, 1.82) is 0 Å². The van der Waals surface area contributed by atoms with Gasteiger partial charge in [-0.1, -0.05) is 12.1 Å². The third kappa shape index (κ3) is 3.26. The van der Waals surface area contributed by atoms with E-state index in [1.807, 2.05) is 36.5 Å². The van der Waals surface area contributed by atoms with Crippen molar-refractivity contribution in [1.82, 2.24) is 15.0 Å². The van der Waals surface area contributed by atoms with Gasteiger partial charge >= 0.3 is 0 Å². The topological polar surface area (TPSA) is 60.4 Å². The minimum Gasteiger partial charge on any atom is -0.356 e. The maximum atomic E-state index is 5.71. The largest absolute Gasteiger partial charge is 0.356 e. The van der Waals surface area contributed by atoms with Crippen LogP contribution >= 0.6 is 0 Å². The molecule has 27 heavy (non-hydrogen) atoms. The molecule has 0 bridgehead atoms. The predicted molar refractivity (Wildman–Crippen MR) is 103 cm³/mol. The van der Waals surface area contributed by atoms with Crippen LogP contribution in [0.1, 0.15) is 12.8 Å². The summed E-state index contributed by atoms with van der Waals surface area (Å²) in [6.07, 6.45) is 5.65. The van der Waals surface area contributed by atoms with E-state index >= 15 is 0 Å². The number of piperidine rings is 1. The van der Waals surface area contributed by atoms with Crippen LogP contribution in [0.2, 0.25) is 0 Å².